The van der Waals surface area contributed by atoms with Crippen LogP contribution in [0, 0.1) is 22.7 Å². The number of carboxylic acid groups (broad SMARTS) is 1. The van der Waals surface area contributed by atoms with Gasteiger partial charge in [-0.1, -0.05) is 47.6 Å². The van der Waals surface area contributed by atoms with E-state index in [0.717, 1.165) is 21.6 Å². The van der Waals surface area contributed by atoms with E-state index in [2.05, 4.69) is 27.4 Å². The Kier molecular flexibility index (Phi) is 17.4. The molecule has 2 aromatic heterocycles. The van der Waals surface area contributed by atoms with E-state index in [1.165, 1.54) is 30.0 Å². The predicted molar refractivity (Wildman–Crippen MR) is 213 cm³/mol. The van der Waals surface area contributed by atoms with E-state index in [4.69, 9.17) is 39.9 Å². The van der Waals surface area contributed by atoms with Crippen molar-refractivity contribution in [2.75, 3.05) is 25.4 Å². The van der Waals surface area contributed by atoms with Crippen molar-refractivity contribution in [2.24, 2.45) is 16.5 Å². The van der Waals surface area contributed by atoms with Crippen LogP contribution in [0.15, 0.2) is 63.9 Å². The quantitative estimate of drug-likeness (QED) is 0.0357. The lowest BCUT2D eigenvalue weighted by Gasteiger charge is -2.20. The molecule has 2 atom stereocenters. The second-order valence-electron chi connectivity index (χ2n) is 10.9. The van der Waals surface area contributed by atoms with Crippen LogP contribution in [-0.2, 0) is 15.3 Å². The maximum Gasteiger partial charge on any atom is 0.325 e. The lowest BCUT2D eigenvalue weighted by atomic mass is 9.97. The number of aliphatic carboxylic acids is 1. The van der Waals surface area contributed by atoms with E-state index in [0.29, 0.717) is 39.1 Å². The van der Waals surface area contributed by atoms with Gasteiger partial charge in [0.2, 0.25) is 5.91 Å². The first kappa shape index (κ1) is 42.6. The number of hydrogen-bond donors (Lipinski definition) is 6. The number of thioether (sulfide) groups is 1. The highest BCUT2D eigenvalue weighted by Gasteiger charge is 2.23. The van der Waals surface area contributed by atoms with Gasteiger partial charge < -0.3 is 37.7 Å². The Balaban J connectivity index is 0.00000504. The number of carbonyl (C=O) groups is 2. The number of guanidine groups is 1. The van der Waals surface area contributed by atoms with E-state index in [1.807, 2.05) is 17.5 Å². The Morgan fingerprint density at radius 2 is 1.75 bits per heavy atom. The third kappa shape index (κ3) is 12.7. The maximum absolute atomic E-state index is 12.8. The van der Waals surface area contributed by atoms with Gasteiger partial charge in [0.15, 0.2) is 5.96 Å². The number of hydrogen-bond acceptors (Lipinski definition) is 12. The summed E-state index contributed by atoms with van der Waals surface area (Å²) < 4.78 is 14.3. The summed E-state index contributed by atoms with van der Waals surface area (Å²) in [6.07, 6.45) is 0.569. The number of carboxylic acids is 1. The van der Waals surface area contributed by atoms with Crippen LogP contribution < -0.4 is 32.6 Å². The molecule has 0 saturated heterocycles. The first-order valence-electron chi connectivity index (χ1n) is 15.9. The van der Waals surface area contributed by atoms with Crippen molar-refractivity contribution < 1.29 is 20.8 Å². The van der Waals surface area contributed by atoms with Gasteiger partial charge in [-0.15, -0.1) is 36.2 Å². The van der Waals surface area contributed by atoms with Crippen molar-refractivity contribution in [2.45, 2.75) is 42.6 Å². The fourth-order valence-electron chi connectivity index (χ4n) is 4.69. The summed E-state index contributed by atoms with van der Waals surface area (Å²) in [6.45, 7) is 1.58. The van der Waals surface area contributed by atoms with Crippen molar-refractivity contribution in [3.63, 3.8) is 0 Å². The zero-order valence-corrected chi connectivity index (χ0v) is 32.2. The lowest BCUT2D eigenvalue weighted by molar-refractivity contribution is -0.141. The Hall–Kier alpha value is -4.81. The molecule has 0 aliphatic heterocycles. The van der Waals surface area contributed by atoms with Crippen LogP contribution in [0.3, 0.4) is 0 Å². The number of rotatable bonds is 17. The maximum atomic E-state index is 12.8. The number of nitriles is 2. The molecule has 19 heteroatoms. The van der Waals surface area contributed by atoms with Crippen LogP contribution in [-0.4, -0.2) is 64.7 Å². The third-order valence-electron chi connectivity index (χ3n) is 7.23. The third-order valence-corrected chi connectivity index (χ3v) is 9.43. The molecule has 4 aromatic rings. The Labute approximate surface area is 333 Å². The molecule has 0 aliphatic rings. The number of nitrogens with one attached hydrogen (secondary N) is 2. The molecule has 0 unspecified atom stereocenters. The molecule has 0 bridgehead atoms. The summed E-state index contributed by atoms with van der Waals surface area (Å²) >= 11 is 8.78. The number of aromatic nitrogens is 2. The minimum absolute atomic E-state index is 0. The van der Waals surface area contributed by atoms with E-state index in [1.54, 1.807) is 36.4 Å². The number of halogens is 3. The van der Waals surface area contributed by atoms with Crippen molar-refractivity contribution in [3.05, 3.63) is 75.8 Å². The number of nitrogen functional groups attached to an aromatic ring is 1. The summed E-state index contributed by atoms with van der Waals surface area (Å²) in [5.41, 5.74) is 19.8. The zero-order valence-electron chi connectivity index (χ0n) is 29.2. The van der Waals surface area contributed by atoms with Crippen molar-refractivity contribution in [1.82, 2.24) is 20.6 Å². The van der Waals surface area contributed by atoms with Gasteiger partial charge in [0.1, 0.15) is 53.4 Å². The van der Waals surface area contributed by atoms with Crippen molar-refractivity contribution >= 4 is 83.2 Å². The van der Waals surface area contributed by atoms with Gasteiger partial charge in [0, 0.05) is 40.4 Å². The number of nitrogens with zero attached hydrogens (tertiary/aromatic N) is 5. The molecule has 0 fully saturated rings. The molecule has 9 N–H and O–H groups in total. The molecule has 0 radical (unpaired) electrons. The van der Waals surface area contributed by atoms with Crippen LogP contribution in [0.5, 0.6) is 5.75 Å². The molecule has 4 rings (SSSR count). The van der Waals surface area contributed by atoms with Crippen LogP contribution in [0.1, 0.15) is 36.6 Å². The van der Waals surface area contributed by atoms with Crippen LogP contribution >= 0.6 is 59.5 Å². The molecule has 14 nitrogen and oxygen atoms in total. The van der Waals surface area contributed by atoms with E-state index in [9.17, 15) is 25.2 Å². The number of aliphatic imine (C=N–C) groups is 1. The van der Waals surface area contributed by atoms with Gasteiger partial charge in [-0.05, 0) is 49.6 Å². The number of amides is 1. The summed E-state index contributed by atoms with van der Waals surface area (Å²) in [4.78, 5) is 37.1. The number of thiazole rings is 1. The first-order valence-corrected chi connectivity index (χ1v) is 17.7. The normalized spacial score (nSPS) is 11.8. The number of ether oxygens (including phenoxy) is 1. The minimum atomic E-state index is -1.20. The average molecular weight is 821 g/mol. The van der Waals surface area contributed by atoms with Crippen LogP contribution in [0.2, 0.25) is 6.43 Å². The topological polar surface area (TPSA) is 251 Å². The van der Waals surface area contributed by atoms with Crippen LogP contribution in [0.25, 0.3) is 21.7 Å². The SMILES string of the molecule is Cl.Cl.[2H]N(CCOc1ccc(-c2c(C#N)c(N)nc(SCc3csc(-c4ccc(Cl)cc4)n3)c2C#N)cc1)[C@@H](CCCN=C(N)N)C(=O)N[C@@H](C)C(=O)O. The predicted octanol–water partition coefficient (Wildman–Crippen LogP) is 4.97. The molecular formula is C34H37Cl3N10O4S2. The van der Waals surface area contributed by atoms with E-state index >= 15 is 0 Å². The minimum Gasteiger partial charge on any atom is -0.492 e. The fraction of sp³-hybridized carbons (Fsp3) is 0.265. The molecule has 0 aliphatic carbocycles. The molecule has 1 amide bonds. The number of carbonyl (C=O) groups excluding carboxylic acids is 1. The highest BCUT2D eigenvalue weighted by atomic mass is 35.5. The van der Waals surface area contributed by atoms with Gasteiger partial charge >= 0.3 is 5.97 Å². The molecule has 53 heavy (non-hydrogen) atoms. The summed E-state index contributed by atoms with van der Waals surface area (Å²) in [5, 5.41) is 36.5. The van der Waals surface area contributed by atoms with Gasteiger partial charge in [-0.3, -0.25) is 14.6 Å². The molecule has 280 valence electrons. The largest absolute Gasteiger partial charge is 0.492 e. The monoisotopic (exact) mass is 819 g/mol. The molecular weight excluding hydrogens is 783 g/mol. The van der Waals surface area contributed by atoms with Gasteiger partial charge in [-0.2, -0.15) is 10.5 Å². The standard InChI is InChI=1S/C34H35ClN10O4S2.2ClH/c1-19(33(47)48)43-30(46)27(3-2-12-42-34(39)40)41-13-14-49-24-10-6-20(7-11-24)28-25(15-36)29(38)45-32(26(28)16-37)51-18-23-17-50-31(44-23)21-4-8-22(35)9-5-21;;/h4-11,17,19,27,41H,2-3,12-14,18H2,1H3,(H2,38,45)(H,43,46)(H,47,48)(H4,39,40,42);2*1H/t19-,27-;;/m0../s1/i/hD. The Morgan fingerprint density at radius 3 is 2.38 bits per heavy atom. The smallest absolute Gasteiger partial charge is 0.325 e. The van der Waals surface area contributed by atoms with Gasteiger partial charge in [0.05, 0.1) is 17.3 Å². The number of anilines is 1. The average Bonchev–Trinajstić information content (AvgIpc) is 3.59. The van der Waals surface area contributed by atoms with Gasteiger partial charge in [0.25, 0.3) is 0 Å². The second-order valence-corrected chi connectivity index (χ2v) is 13.2. The Bertz CT molecular complexity index is 2000. The summed E-state index contributed by atoms with van der Waals surface area (Å²) in [5.74, 6) is -1.09. The highest BCUT2D eigenvalue weighted by Crippen LogP contribution is 2.37. The van der Waals surface area contributed by atoms with Gasteiger partial charge in [-0.25, -0.2) is 9.97 Å². The number of benzene rings is 2. The lowest BCUT2D eigenvalue weighted by Crippen LogP contribution is -2.50. The summed E-state index contributed by atoms with van der Waals surface area (Å²) in [7, 11) is 0. The van der Waals surface area contributed by atoms with Crippen molar-refractivity contribution in [1.29, 1.82) is 10.5 Å². The number of nitrogens with two attached hydrogens (primary N) is 3. The van der Waals surface area contributed by atoms with E-state index < -0.39 is 24.0 Å². The summed E-state index contributed by atoms with van der Waals surface area (Å²) in [6, 6.07) is 16.2. The molecule has 0 saturated carbocycles. The fourth-order valence-corrected chi connectivity index (χ4v) is 6.64. The molecule has 2 heterocycles. The molecule has 0 spiro atoms. The van der Waals surface area contributed by atoms with Crippen LogP contribution in [0.4, 0.5) is 5.82 Å². The van der Waals surface area contributed by atoms with E-state index in [-0.39, 0.29) is 73.8 Å². The number of pyridine rings is 1. The van der Waals surface area contributed by atoms with Crippen molar-refractivity contribution in [3.8, 4) is 39.6 Å². The highest BCUT2D eigenvalue weighted by molar-refractivity contribution is 7.98. The zero-order chi connectivity index (χ0) is 37.8. The Morgan fingerprint density at radius 1 is 1.09 bits per heavy atom. The second kappa shape index (κ2) is 21.7. The molecule has 2 aromatic carbocycles. The first-order chi connectivity index (χ1) is 24.9.